The fourth-order valence-electron chi connectivity index (χ4n) is 5.61. The van der Waals surface area contributed by atoms with Gasteiger partial charge in [-0.2, -0.15) is 0 Å². The number of hydrogen-bond acceptors (Lipinski definition) is 5. The second kappa shape index (κ2) is 11.8. The largest absolute Gasteiger partial charge is 0.446 e. The van der Waals surface area contributed by atoms with Gasteiger partial charge < -0.3 is 25.2 Å². The van der Waals surface area contributed by atoms with Gasteiger partial charge in [-0.25, -0.2) is 4.79 Å². The molecule has 40 heavy (non-hydrogen) atoms. The van der Waals surface area contributed by atoms with Crippen molar-refractivity contribution >= 4 is 25.3 Å². The highest BCUT2D eigenvalue weighted by molar-refractivity contribution is 7.65. The van der Waals surface area contributed by atoms with Gasteiger partial charge in [-0.15, -0.1) is 6.58 Å². The number of amides is 3. The number of ether oxygens (including phenoxy) is 1. The van der Waals surface area contributed by atoms with Gasteiger partial charge >= 0.3 is 6.09 Å². The number of likely N-dealkylation sites (tertiary alicyclic amines) is 1. The monoisotopic (exact) mass is 569 g/mol. The molecule has 2 aliphatic carbocycles. The molecule has 3 fully saturated rings. The summed E-state index contributed by atoms with van der Waals surface area (Å²) in [5.41, 5.74) is 2.47. The SMILES string of the molecule is C=C[C@@H]1C[C@]1(NC(=O)[C@@H]1CCCN1C(=O)[C@@H](NC(=O)OC1CCCC1)C(C)(C)C)P(=O)(O)C#Cc1ccccc1. The average Bonchev–Trinajstić information content (AvgIpc) is 3.24. The lowest BCUT2D eigenvalue weighted by molar-refractivity contribution is -0.142. The molecule has 0 aromatic heterocycles. The highest BCUT2D eigenvalue weighted by atomic mass is 31.2. The predicted molar refractivity (Wildman–Crippen MR) is 152 cm³/mol. The van der Waals surface area contributed by atoms with Crippen LogP contribution in [0.25, 0.3) is 0 Å². The topological polar surface area (TPSA) is 125 Å². The summed E-state index contributed by atoms with van der Waals surface area (Å²) in [5.74, 6) is 1.45. The van der Waals surface area contributed by atoms with Crippen molar-refractivity contribution in [3.05, 3.63) is 48.6 Å². The van der Waals surface area contributed by atoms with E-state index in [-0.39, 0.29) is 18.4 Å². The van der Waals surface area contributed by atoms with Gasteiger partial charge in [0.1, 0.15) is 23.5 Å². The maximum absolute atomic E-state index is 13.8. The van der Waals surface area contributed by atoms with Crippen molar-refractivity contribution in [2.24, 2.45) is 11.3 Å². The summed E-state index contributed by atoms with van der Waals surface area (Å²) in [7, 11) is -4.18. The number of benzene rings is 1. The molecule has 9 nitrogen and oxygen atoms in total. The van der Waals surface area contributed by atoms with Crippen molar-refractivity contribution in [2.45, 2.75) is 89.2 Å². The molecule has 2 saturated carbocycles. The first-order chi connectivity index (χ1) is 18.9. The standard InChI is InChI=1S/C30H40N3O6P/c1-5-22-20-30(22,40(37,38)19-17-21-12-7-6-8-13-21)32-26(34)24-16-11-18-33(24)27(35)25(29(2,3)4)31-28(36)39-23-14-9-10-15-23/h5-8,12-13,22-25H,1,9-11,14-16,18,20H2,2-4H3,(H,31,36)(H,32,34)(H,37,38)/t22-,24+,25-,30+/m1/s1. The molecule has 216 valence electrons. The maximum atomic E-state index is 13.8. The highest BCUT2D eigenvalue weighted by Crippen LogP contribution is 2.69. The molecule has 1 aliphatic heterocycles. The fourth-order valence-corrected chi connectivity index (χ4v) is 7.35. The van der Waals surface area contributed by atoms with Crippen LogP contribution >= 0.6 is 7.37 Å². The molecular formula is C30H40N3O6P. The average molecular weight is 570 g/mol. The summed E-state index contributed by atoms with van der Waals surface area (Å²) in [4.78, 5) is 52.5. The van der Waals surface area contributed by atoms with Gasteiger partial charge in [0, 0.05) is 18.0 Å². The molecular weight excluding hydrogens is 529 g/mol. The minimum absolute atomic E-state index is 0.146. The Kier molecular flexibility index (Phi) is 8.82. The van der Waals surface area contributed by atoms with Crippen LogP contribution in [0.1, 0.15) is 71.3 Å². The van der Waals surface area contributed by atoms with Gasteiger partial charge in [0.25, 0.3) is 7.37 Å². The van der Waals surface area contributed by atoms with Crippen LogP contribution in [0.15, 0.2) is 43.0 Å². The summed E-state index contributed by atoms with van der Waals surface area (Å²) in [6, 6.07) is 7.12. The van der Waals surface area contributed by atoms with Crippen LogP contribution in [0.4, 0.5) is 4.79 Å². The molecule has 0 bridgehead atoms. The number of nitrogens with zero attached hydrogens (tertiary/aromatic N) is 1. The van der Waals surface area contributed by atoms with Gasteiger partial charge in [0.15, 0.2) is 0 Å². The third-order valence-electron chi connectivity index (χ3n) is 8.06. The van der Waals surface area contributed by atoms with Gasteiger partial charge in [-0.05, 0) is 68.2 Å². The van der Waals surface area contributed by atoms with Crippen molar-refractivity contribution in [3.8, 4) is 11.6 Å². The number of carbonyl (C=O) groups is 3. The molecule has 0 radical (unpaired) electrons. The van der Waals surface area contributed by atoms with E-state index in [1.165, 1.54) is 4.90 Å². The van der Waals surface area contributed by atoms with E-state index in [2.05, 4.69) is 28.8 Å². The summed E-state index contributed by atoms with van der Waals surface area (Å²) in [6.07, 6.45) is 5.66. The third-order valence-corrected chi connectivity index (χ3v) is 10.2. The van der Waals surface area contributed by atoms with Crippen LogP contribution in [0.3, 0.4) is 0 Å². The predicted octanol–water partition coefficient (Wildman–Crippen LogP) is 4.36. The van der Waals surface area contributed by atoms with Gasteiger partial charge in [-0.1, -0.05) is 51.0 Å². The lowest BCUT2D eigenvalue weighted by atomic mass is 9.85. The Hall–Kier alpha value is -3.08. The molecule has 1 unspecified atom stereocenters. The molecule has 1 saturated heterocycles. The molecule has 4 rings (SSSR count). The van der Waals surface area contributed by atoms with Crippen molar-refractivity contribution in [2.75, 3.05) is 6.54 Å². The molecule has 1 heterocycles. The van der Waals surface area contributed by atoms with Crippen LogP contribution in [-0.2, 0) is 18.9 Å². The van der Waals surface area contributed by atoms with E-state index in [4.69, 9.17) is 4.74 Å². The minimum Gasteiger partial charge on any atom is -0.446 e. The molecule has 10 heteroatoms. The zero-order chi connectivity index (χ0) is 29.1. The van der Waals surface area contributed by atoms with E-state index in [9.17, 15) is 23.8 Å². The quantitative estimate of drug-likeness (QED) is 0.255. The van der Waals surface area contributed by atoms with Gasteiger partial charge in [0.2, 0.25) is 11.8 Å². The summed E-state index contributed by atoms with van der Waals surface area (Å²) in [5, 5.41) is 4.11. The van der Waals surface area contributed by atoms with E-state index in [1.807, 2.05) is 26.8 Å². The van der Waals surface area contributed by atoms with Crippen LogP contribution < -0.4 is 10.6 Å². The number of carbonyl (C=O) groups excluding carboxylic acids is 3. The molecule has 3 N–H and O–H groups in total. The Morgan fingerprint density at radius 2 is 1.85 bits per heavy atom. The first kappa shape index (κ1) is 29.9. The Balaban J connectivity index is 1.49. The number of rotatable bonds is 7. The number of alkyl carbamates (subject to hydrolysis) is 1. The van der Waals surface area contributed by atoms with E-state index in [0.29, 0.717) is 24.9 Å². The van der Waals surface area contributed by atoms with Crippen LogP contribution in [0, 0.1) is 22.9 Å². The highest BCUT2D eigenvalue weighted by Gasteiger charge is 2.65. The smallest absolute Gasteiger partial charge is 0.408 e. The second-order valence-electron chi connectivity index (χ2n) is 12.1. The summed E-state index contributed by atoms with van der Waals surface area (Å²) < 4.78 is 19.0. The first-order valence-electron chi connectivity index (χ1n) is 14.0. The zero-order valence-corrected chi connectivity index (χ0v) is 24.4. The van der Waals surface area contributed by atoms with Gasteiger partial charge in [0.05, 0.1) is 0 Å². The van der Waals surface area contributed by atoms with Gasteiger partial charge in [-0.3, -0.25) is 14.2 Å². The van der Waals surface area contributed by atoms with Crippen LogP contribution in [-0.4, -0.2) is 57.7 Å². The van der Waals surface area contributed by atoms with Crippen molar-refractivity contribution in [1.82, 2.24) is 15.5 Å². The lowest BCUT2D eigenvalue weighted by Crippen LogP contribution is -2.58. The Bertz CT molecular complexity index is 1240. The second-order valence-corrected chi connectivity index (χ2v) is 14.3. The van der Waals surface area contributed by atoms with E-state index >= 15 is 0 Å². The Labute approximate surface area is 236 Å². The van der Waals surface area contributed by atoms with Crippen molar-refractivity contribution in [1.29, 1.82) is 0 Å². The molecule has 1 aromatic carbocycles. The lowest BCUT2D eigenvalue weighted by Gasteiger charge is -2.35. The van der Waals surface area contributed by atoms with Crippen LogP contribution in [0.2, 0.25) is 0 Å². The van der Waals surface area contributed by atoms with Crippen LogP contribution in [0.5, 0.6) is 0 Å². The normalized spacial score (nSPS) is 26.6. The van der Waals surface area contributed by atoms with Crippen molar-refractivity contribution in [3.63, 3.8) is 0 Å². The summed E-state index contributed by atoms with van der Waals surface area (Å²) in [6.45, 7) is 9.64. The van der Waals surface area contributed by atoms with E-state index < -0.39 is 48.1 Å². The molecule has 3 aliphatic rings. The fraction of sp³-hybridized carbons (Fsp3) is 0.567. The Morgan fingerprint density at radius 3 is 2.45 bits per heavy atom. The number of nitrogens with one attached hydrogen (secondary N) is 2. The number of hydrogen-bond donors (Lipinski definition) is 3. The molecule has 0 spiro atoms. The Morgan fingerprint density at radius 1 is 1.18 bits per heavy atom. The van der Waals surface area contributed by atoms with E-state index in [1.54, 1.807) is 30.3 Å². The molecule has 3 amide bonds. The zero-order valence-electron chi connectivity index (χ0n) is 23.5. The minimum atomic E-state index is -4.18. The summed E-state index contributed by atoms with van der Waals surface area (Å²) >= 11 is 0. The molecule has 1 aromatic rings. The van der Waals surface area contributed by atoms with Crippen molar-refractivity contribution < 1.29 is 28.6 Å². The maximum Gasteiger partial charge on any atom is 0.408 e. The molecule has 5 atom stereocenters. The van der Waals surface area contributed by atoms with E-state index in [0.717, 1.165) is 25.7 Å². The first-order valence-corrected chi connectivity index (χ1v) is 15.7. The third kappa shape index (κ3) is 6.45.